The Kier molecular flexibility index (Phi) is 9.96. The number of aromatic nitrogens is 9. The van der Waals surface area contributed by atoms with Crippen LogP contribution in [-0.4, -0.2) is 98.5 Å². The van der Waals surface area contributed by atoms with Crippen LogP contribution in [0.5, 0.6) is 0 Å². The Morgan fingerprint density at radius 1 is 0.831 bits per heavy atom. The minimum absolute atomic E-state index is 0.152. The van der Waals surface area contributed by atoms with Gasteiger partial charge in [-0.05, 0) is 57.5 Å². The number of hydrogen-bond acceptors (Lipinski definition) is 12. The van der Waals surface area contributed by atoms with Crippen LogP contribution >= 0.6 is 0 Å². The number of amides is 4. The molecule has 0 saturated carbocycles. The number of nitrogens with one attached hydrogen (secondary N) is 2. The van der Waals surface area contributed by atoms with Gasteiger partial charge in [-0.25, -0.2) is 15.0 Å². The molecule has 4 amide bonds. The number of nitrogen functional groups attached to an aromatic ring is 1. The number of fused-ring (bicyclic) bond motifs is 2. The minimum atomic E-state index is -0.674. The standard InChI is InChI=1S/C39H45N15O5/c1-5-53-28(11-21(3)48-53)35(57)46-37-44-26-13-23(32(41)55)12-25(16-50-17-39(18-50)19-59-20-39)30(26)51(37)9-7-8-10-52-34-27(14-24(15-43-34)33(42)56)45-38(52)47-36(58)31-29(40)22(4)49-54(31)6-2/h7-8,11-15H,5-6,9-10,16-20,40H2,1-4H3,(H2,41,55)(H2,42,56)(H,44,46,57)(H,45,47,58)/b8-7+. The second-order valence-corrected chi connectivity index (χ2v) is 15.1. The number of anilines is 3. The summed E-state index contributed by atoms with van der Waals surface area (Å²) in [5.41, 5.74) is 23.0. The van der Waals surface area contributed by atoms with Crippen LogP contribution in [-0.2, 0) is 37.5 Å². The van der Waals surface area contributed by atoms with E-state index < -0.39 is 23.6 Å². The molecule has 0 unspecified atom stereocenters. The Bertz CT molecular complexity index is 2710. The molecule has 0 bridgehead atoms. The molecule has 8 rings (SSSR count). The van der Waals surface area contributed by atoms with E-state index in [0.717, 1.165) is 37.4 Å². The summed E-state index contributed by atoms with van der Waals surface area (Å²) in [5.74, 6) is -1.77. The van der Waals surface area contributed by atoms with Crippen molar-refractivity contribution in [2.45, 2.75) is 60.4 Å². The number of benzene rings is 1. The molecule has 1 aromatic carbocycles. The first-order valence-electron chi connectivity index (χ1n) is 19.2. The number of carbonyl (C=O) groups excluding carboxylic acids is 4. The number of nitrogens with zero attached hydrogens (tertiary/aromatic N) is 10. The van der Waals surface area contributed by atoms with Gasteiger partial charge >= 0.3 is 0 Å². The molecule has 7 heterocycles. The Morgan fingerprint density at radius 3 is 2.14 bits per heavy atom. The van der Waals surface area contributed by atoms with Crippen molar-refractivity contribution in [3.63, 3.8) is 0 Å². The number of allylic oxidation sites excluding steroid dienone is 2. The van der Waals surface area contributed by atoms with E-state index in [9.17, 15) is 19.2 Å². The molecule has 306 valence electrons. The summed E-state index contributed by atoms with van der Waals surface area (Å²) in [6, 6.07) is 6.64. The lowest BCUT2D eigenvalue weighted by atomic mass is 9.78. The van der Waals surface area contributed by atoms with Crippen molar-refractivity contribution in [1.82, 2.24) is 48.5 Å². The summed E-state index contributed by atoms with van der Waals surface area (Å²) in [4.78, 5) is 68.2. The molecule has 5 aromatic heterocycles. The van der Waals surface area contributed by atoms with E-state index in [4.69, 9.17) is 26.9 Å². The summed E-state index contributed by atoms with van der Waals surface area (Å²) < 4.78 is 12.2. The van der Waals surface area contributed by atoms with Crippen molar-refractivity contribution in [3.8, 4) is 0 Å². The molecule has 20 heteroatoms. The fourth-order valence-electron chi connectivity index (χ4n) is 7.85. The zero-order valence-electron chi connectivity index (χ0n) is 33.2. The maximum atomic E-state index is 13.8. The third-order valence-electron chi connectivity index (χ3n) is 10.7. The predicted molar refractivity (Wildman–Crippen MR) is 218 cm³/mol. The number of ether oxygens (including phenoxy) is 1. The van der Waals surface area contributed by atoms with Crippen LogP contribution in [0.4, 0.5) is 17.6 Å². The van der Waals surface area contributed by atoms with Gasteiger partial charge in [0.2, 0.25) is 23.7 Å². The molecule has 2 fully saturated rings. The molecule has 2 aliphatic heterocycles. The molecule has 8 N–H and O–H groups in total. The highest BCUT2D eigenvalue weighted by molar-refractivity contribution is 6.07. The zero-order chi connectivity index (χ0) is 41.7. The molecule has 59 heavy (non-hydrogen) atoms. The fourth-order valence-corrected chi connectivity index (χ4v) is 7.85. The van der Waals surface area contributed by atoms with Crippen LogP contribution in [0, 0.1) is 19.3 Å². The highest BCUT2D eigenvalue weighted by Gasteiger charge is 2.48. The smallest absolute Gasteiger partial charge is 0.278 e. The monoisotopic (exact) mass is 803 g/mol. The van der Waals surface area contributed by atoms with E-state index in [2.05, 4.69) is 35.7 Å². The van der Waals surface area contributed by atoms with Gasteiger partial charge < -0.3 is 26.5 Å². The van der Waals surface area contributed by atoms with Gasteiger partial charge in [0.25, 0.3) is 11.8 Å². The molecule has 0 atom stereocenters. The largest absolute Gasteiger partial charge is 0.395 e. The van der Waals surface area contributed by atoms with E-state index in [-0.39, 0.29) is 47.3 Å². The van der Waals surface area contributed by atoms with Gasteiger partial charge in [-0.1, -0.05) is 12.2 Å². The van der Waals surface area contributed by atoms with Crippen LogP contribution < -0.4 is 27.8 Å². The molecule has 0 radical (unpaired) electrons. The van der Waals surface area contributed by atoms with Crippen molar-refractivity contribution in [1.29, 1.82) is 0 Å². The first-order valence-corrected chi connectivity index (χ1v) is 19.2. The van der Waals surface area contributed by atoms with E-state index in [1.165, 1.54) is 16.9 Å². The Morgan fingerprint density at radius 2 is 1.47 bits per heavy atom. The summed E-state index contributed by atoms with van der Waals surface area (Å²) >= 11 is 0. The van der Waals surface area contributed by atoms with Crippen molar-refractivity contribution < 1.29 is 23.9 Å². The third kappa shape index (κ3) is 7.16. The van der Waals surface area contributed by atoms with E-state index in [0.29, 0.717) is 59.0 Å². The maximum Gasteiger partial charge on any atom is 0.278 e. The molecule has 0 aliphatic carbocycles. The summed E-state index contributed by atoms with van der Waals surface area (Å²) in [6.07, 6.45) is 5.09. The van der Waals surface area contributed by atoms with E-state index in [1.54, 1.807) is 34.4 Å². The SMILES string of the molecule is CCn1nc(C)cc1C(=O)Nc1nc2cc(C(N)=O)cc(CN3CC4(COC4)C3)c2n1C/C=C/Cn1c(NC(=O)c2c(N)c(C)nn2CC)nc2cc(C(N)=O)cnc21. The third-order valence-corrected chi connectivity index (χ3v) is 10.7. The Hall–Kier alpha value is -6.93. The van der Waals surface area contributed by atoms with Crippen molar-refractivity contribution in [2.75, 3.05) is 42.7 Å². The normalized spacial score (nSPS) is 14.9. The van der Waals surface area contributed by atoms with Crippen LogP contribution in [0.3, 0.4) is 0 Å². The second-order valence-electron chi connectivity index (χ2n) is 15.1. The lowest BCUT2D eigenvalue weighted by Crippen LogP contribution is -2.65. The first-order chi connectivity index (χ1) is 28.3. The molecular formula is C39H45N15O5. The van der Waals surface area contributed by atoms with Gasteiger partial charge in [-0.2, -0.15) is 10.2 Å². The van der Waals surface area contributed by atoms with Gasteiger partial charge in [-0.3, -0.25) is 48.6 Å². The van der Waals surface area contributed by atoms with Crippen molar-refractivity contribution in [3.05, 3.63) is 82.1 Å². The summed E-state index contributed by atoms with van der Waals surface area (Å²) in [7, 11) is 0. The molecule has 1 spiro atoms. The van der Waals surface area contributed by atoms with E-state index >= 15 is 0 Å². The second kappa shape index (κ2) is 15.1. The lowest BCUT2D eigenvalue weighted by Gasteiger charge is -2.55. The fraction of sp³-hybridized carbons (Fsp3) is 0.359. The topological polar surface area (TPSA) is 267 Å². The van der Waals surface area contributed by atoms with Crippen LogP contribution in [0.15, 0.2) is 42.6 Å². The highest BCUT2D eigenvalue weighted by atomic mass is 16.5. The number of hydrogen-bond donors (Lipinski definition) is 5. The quantitative estimate of drug-likeness (QED) is 0.0993. The van der Waals surface area contributed by atoms with Crippen molar-refractivity contribution >= 4 is 63.4 Å². The first kappa shape index (κ1) is 38.9. The molecular weight excluding hydrogens is 759 g/mol. The van der Waals surface area contributed by atoms with E-state index in [1.807, 2.05) is 37.5 Å². The number of nitrogens with two attached hydrogens (primary N) is 3. The number of aryl methyl sites for hydroxylation is 4. The Labute approximate surface area is 337 Å². The van der Waals surface area contributed by atoms with Gasteiger partial charge in [0.05, 0.1) is 46.9 Å². The number of carbonyl (C=O) groups is 4. The van der Waals surface area contributed by atoms with Crippen LogP contribution in [0.2, 0.25) is 0 Å². The van der Waals surface area contributed by atoms with Crippen LogP contribution in [0.1, 0.15) is 72.5 Å². The molecule has 20 nitrogen and oxygen atoms in total. The highest BCUT2D eigenvalue weighted by Crippen LogP contribution is 2.39. The molecule has 2 aliphatic rings. The van der Waals surface area contributed by atoms with Crippen LogP contribution in [0.25, 0.3) is 22.2 Å². The number of likely N-dealkylation sites (tertiary alicyclic amines) is 1. The maximum absolute atomic E-state index is 13.8. The average Bonchev–Trinajstić information content (AvgIpc) is 3.91. The molecule has 6 aromatic rings. The van der Waals surface area contributed by atoms with Gasteiger partial charge in [0.15, 0.2) is 5.65 Å². The summed E-state index contributed by atoms with van der Waals surface area (Å²) in [6.45, 7) is 12.3. The average molecular weight is 804 g/mol. The number of rotatable bonds is 14. The number of primary amides is 2. The van der Waals surface area contributed by atoms with Crippen molar-refractivity contribution in [2.24, 2.45) is 16.9 Å². The van der Waals surface area contributed by atoms with Gasteiger partial charge in [0, 0.05) is 63.0 Å². The predicted octanol–water partition coefficient (Wildman–Crippen LogP) is 2.20. The number of pyridine rings is 1. The molecule has 2 saturated heterocycles. The Balaban J connectivity index is 1.15. The summed E-state index contributed by atoms with van der Waals surface area (Å²) in [5, 5.41) is 14.6. The van der Waals surface area contributed by atoms with Gasteiger partial charge in [-0.15, -0.1) is 0 Å². The zero-order valence-corrected chi connectivity index (χ0v) is 33.2. The van der Waals surface area contributed by atoms with Gasteiger partial charge in [0.1, 0.15) is 16.9 Å². The number of imidazole rings is 2. The minimum Gasteiger partial charge on any atom is -0.395 e. The lowest BCUT2D eigenvalue weighted by molar-refractivity contribution is -0.191.